The third kappa shape index (κ3) is 3.53. The third-order valence-corrected chi connectivity index (χ3v) is 4.31. The largest absolute Gasteiger partial charge is 0.272 e. The lowest BCUT2D eigenvalue weighted by Crippen LogP contribution is -2.25. The van der Waals surface area contributed by atoms with E-state index in [1.807, 2.05) is 0 Å². The molecule has 0 radical (unpaired) electrons. The number of para-hydroxylation sites is 2. The van der Waals surface area contributed by atoms with Gasteiger partial charge in [0.15, 0.2) is 11.6 Å². The first-order chi connectivity index (χ1) is 14.6. The molecule has 0 heterocycles. The van der Waals surface area contributed by atoms with Crippen molar-refractivity contribution in [2.75, 3.05) is 24.3 Å². The van der Waals surface area contributed by atoms with E-state index in [2.05, 4.69) is 0 Å². The summed E-state index contributed by atoms with van der Waals surface area (Å²) >= 11 is 0. The Kier molecular flexibility index (Phi) is 6.23. The van der Waals surface area contributed by atoms with Gasteiger partial charge in [-0.2, -0.15) is 10.5 Å². The highest BCUT2D eigenvalue weighted by atomic mass is 19.1. The zero-order valence-corrected chi connectivity index (χ0v) is 16.1. The molecular formula is C22H16F2N4O2. The van der Waals surface area contributed by atoms with Crippen LogP contribution in [0.5, 0.6) is 0 Å². The molecule has 0 unspecified atom stereocenters. The maximum Gasteiger partial charge on any atom is 0.170 e. The standard InChI is InChI=1S/C22H16F2N4O2/c1-29-27(15-9-5-3-6-10-15)21-19(23)17(13-25)18(14-26)20(24)22(21)28(30-2)16-11-7-4-8-12-16/h3-12H,1-2H3. The molecule has 0 bridgehead atoms. The van der Waals surface area contributed by atoms with Gasteiger partial charge in [0.25, 0.3) is 0 Å². The van der Waals surface area contributed by atoms with E-state index in [0.717, 1.165) is 10.1 Å². The van der Waals surface area contributed by atoms with Crippen LogP contribution in [-0.4, -0.2) is 14.2 Å². The second-order valence-electron chi connectivity index (χ2n) is 5.92. The van der Waals surface area contributed by atoms with Gasteiger partial charge in [0.05, 0.1) is 25.6 Å². The number of rotatable bonds is 6. The first-order valence-electron chi connectivity index (χ1n) is 8.72. The molecule has 0 aromatic heterocycles. The predicted octanol–water partition coefficient (Wildman–Crippen LogP) is 5.11. The zero-order valence-electron chi connectivity index (χ0n) is 16.1. The van der Waals surface area contributed by atoms with Gasteiger partial charge in [-0.3, -0.25) is 9.68 Å². The molecule has 0 N–H and O–H groups in total. The second kappa shape index (κ2) is 9.01. The number of nitrogens with zero attached hydrogens (tertiary/aromatic N) is 4. The topological polar surface area (TPSA) is 72.5 Å². The smallest absolute Gasteiger partial charge is 0.170 e. The van der Waals surface area contributed by atoms with E-state index >= 15 is 8.78 Å². The number of anilines is 4. The molecule has 3 aromatic rings. The summed E-state index contributed by atoms with van der Waals surface area (Å²) in [5, 5.41) is 20.9. The van der Waals surface area contributed by atoms with Crippen molar-refractivity contribution in [2.45, 2.75) is 0 Å². The highest BCUT2D eigenvalue weighted by Crippen LogP contribution is 2.44. The van der Waals surface area contributed by atoms with Crippen molar-refractivity contribution in [1.82, 2.24) is 0 Å². The molecule has 0 saturated carbocycles. The lowest BCUT2D eigenvalue weighted by molar-refractivity contribution is 0.187. The first kappa shape index (κ1) is 20.7. The SMILES string of the molecule is CON(c1ccccc1)c1c(F)c(C#N)c(C#N)c(F)c1N(OC)c1ccccc1. The summed E-state index contributed by atoms with van der Waals surface area (Å²) in [6, 6.07) is 19.9. The van der Waals surface area contributed by atoms with Crippen LogP contribution in [0.25, 0.3) is 0 Å². The van der Waals surface area contributed by atoms with Gasteiger partial charge >= 0.3 is 0 Å². The van der Waals surface area contributed by atoms with Gasteiger partial charge in [-0.15, -0.1) is 0 Å². The molecule has 8 heteroatoms. The fourth-order valence-electron chi connectivity index (χ4n) is 3.02. The molecular weight excluding hydrogens is 390 g/mol. The molecule has 0 atom stereocenters. The van der Waals surface area contributed by atoms with Gasteiger partial charge in [-0.25, -0.2) is 18.9 Å². The second-order valence-corrected chi connectivity index (χ2v) is 5.92. The Bertz CT molecular complexity index is 1040. The maximum atomic E-state index is 15.6. The van der Waals surface area contributed by atoms with E-state index in [4.69, 9.17) is 9.68 Å². The fourth-order valence-corrected chi connectivity index (χ4v) is 3.02. The summed E-state index contributed by atoms with van der Waals surface area (Å²) in [6.45, 7) is 0. The summed E-state index contributed by atoms with van der Waals surface area (Å²) in [7, 11) is 2.55. The average Bonchev–Trinajstić information content (AvgIpc) is 2.79. The Morgan fingerprint density at radius 2 is 1.00 bits per heavy atom. The van der Waals surface area contributed by atoms with Crippen LogP contribution >= 0.6 is 0 Å². The average molecular weight is 406 g/mol. The highest BCUT2D eigenvalue weighted by molar-refractivity contribution is 5.83. The number of nitriles is 2. The van der Waals surface area contributed by atoms with Crippen molar-refractivity contribution in [2.24, 2.45) is 0 Å². The minimum absolute atomic E-state index is 0.372. The lowest BCUT2D eigenvalue weighted by atomic mass is 10.0. The van der Waals surface area contributed by atoms with Gasteiger partial charge in [0, 0.05) is 0 Å². The third-order valence-electron chi connectivity index (χ3n) is 4.31. The van der Waals surface area contributed by atoms with Crippen LogP contribution in [0.3, 0.4) is 0 Å². The Morgan fingerprint density at radius 3 is 1.27 bits per heavy atom. The molecule has 6 nitrogen and oxygen atoms in total. The minimum Gasteiger partial charge on any atom is -0.272 e. The Hall–Kier alpha value is -3.98. The highest BCUT2D eigenvalue weighted by Gasteiger charge is 2.33. The van der Waals surface area contributed by atoms with Gasteiger partial charge in [0.1, 0.15) is 34.6 Å². The molecule has 0 aliphatic carbocycles. The van der Waals surface area contributed by atoms with Gasteiger partial charge < -0.3 is 0 Å². The molecule has 0 aliphatic rings. The number of halogens is 2. The van der Waals surface area contributed by atoms with Crippen molar-refractivity contribution < 1.29 is 18.5 Å². The molecule has 3 rings (SSSR count). The molecule has 30 heavy (non-hydrogen) atoms. The molecule has 0 saturated heterocycles. The van der Waals surface area contributed by atoms with E-state index in [9.17, 15) is 10.5 Å². The summed E-state index contributed by atoms with van der Waals surface area (Å²) in [6.07, 6.45) is 0. The fraction of sp³-hybridized carbons (Fsp3) is 0.0909. The van der Waals surface area contributed by atoms with Crippen molar-refractivity contribution >= 4 is 22.7 Å². The van der Waals surface area contributed by atoms with Crippen LogP contribution in [0.15, 0.2) is 60.7 Å². The van der Waals surface area contributed by atoms with E-state index in [1.54, 1.807) is 72.8 Å². The van der Waals surface area contributed by atoms with Gasteiger partial charge in [-0.1, -0.05) is 36.4 Å². The maximum absolute atomic E-state index is 15.6. The van der Waals surface area contributed by atoms with Crippen LogP contribution in [0.2, 0.25) is 0 Å². The Labute approximate surface area is 172 Å². The number of benzene rings is 3. The van der Waals surface area contributed by atoms with Crippen LogP contribution in [-0.2, 0) is 9.68 Å². The van der Waals surface area contributed by atoms with Crippen LogP contribution in [0.1, 0.15) is 11.1 Å². The molecule has 150 valence electrons. The summed E-state index contributed by atoms with van der Waals surface area (Å²) in [5.74, 6) is -2.23. The van der Waals surface area contributed by atoms with Crippen molar-refractivity contribution in [1.29, 1.82) is 10.5 Å². The monoisotopic (exact) mass is 406 g/mol. The van der Waals surface area contributed by atoms with E-state index < -0.39 is 34.1 Å². The van der Waals surface area contributed by atoms with E-state index in [-0.39, 0.29) is 0 Å². The van der Waals surface area contributed by atoms with Crippen LogP contribution in [0.4, 0.5) is 31.5 Å². The van der Waals surface area contributed by atoms with Gasteiger partial charge in [0.2, 0.25) is 0 Å². The van der Waals surface area contributed by atoms with E-state index in [1.165, 1.54) is 14.2 Å². The summed E-state index contributed by atoms with van der Waals surface area (Å²) < 4.78 is 31.1. The van der Waals surface area contributed by atoms with Crippen molar-refractivity contribution in [3.05, 3.63) is 83.4 Å². The van der Waals surface area contributed by atoms with Crippen molar-refractivity contribution in [3.8, 4) is 12.1 Å². The predicted molar refractivity (Wildman–Crippen MR) is 107 cm³/mol. The quantitative estimate of drug-likeness (QED) is 0.530. The van der Waals surface area contributed by atoms with Crippen LogP contribution < -0.4 is 10.1 Å². The zero-order chi connectivity index (χ0) is 21.7. The summed E-state index contributed by atoms with van der Waals surface area (Å²) in [5.41, 5.74) is -1.54. The van der Waals surface area contributed by atoms with Crippen LogP contribution in [0, 0.1) is 34.3 Å². The Morgan fingerprint density at radius 1 is 0.667 bits per heavy atom. The van der Waals surface area contributed by atoms with Crippen molar-refractivity contribution in [3.63, 3.8) is 0 Å². The normalized spacial score (nSPS) is 10.2. The number of hydrogen-bond acceptors (Lipinski definition) is 6. The van der Waals surface area contributed by atoms with E-state index in [0.29, 0.717) is 11.4 Å². The molecule has 0 aliphatic heterocycles. The number of hydrogen-bond donors (Lipinski definition) is 0. The molecule has 0 spiro atoms. The summed E-state index contributed by atoms with van der Waals surface area (Å²) in [4.78, 5) is 10.7. The molecule has 3 aromatic carbocycles. The minimum atomic E-state index is -1.12. The lowest BCUT2D eigenvalue weighted by Gasteiger charge is -2.30. The Balaban J connectivity index is 2.42. The molecule has 0 fully saturated rings. The molecule has 0 amide bonds. The van der Waals surface area contributed by atoms with Gasteiger partial charge in [-0.05, 0) is 24.3 Å². The first-order valence-corrected chi connectivity index (χ1v) is 8.72.